The number of rotatable bonds is 6. The summed E-state index contributed by atoms with van der Waals surface area (Å²) >= 11 is 0. The monoisotopic (exact) mass is 272 g/mol. The molecule has 2 N–H and O–H groups in total. The predicted molar refractivity (Wildman–Crippen MR) is 66.7 cm³/mol. The highest BCUT2D eigenvalue weighted by atomic mass is 32.2. The fourth-order valence-corrected chi connectivity index (χ4v) is 1.62. The Morgan fingerprint density at radius 3 is 2.72 bits per heavy atom. The minimum Gasteiger partial charge on any atom is -0.351 e. The molecular weight excluding hydrogens is 256 g/mol. The van der Waals surface area contributed by atoms with Gasteiger partial charge in [0.15, 0.2) is 0 Å². The molecule has 0 spiro atoms. The molecular formula is C10H16N4O3S. The number of hydrogen-bond donors (Lipinski definition) is 2. The van der Waals surface area contributed by atoms with E-state index in [4.69, 9.17) is 0 Å². The fraction of sp³-hybridized carbons (Fsp3) is 0.400. The van der Waals surface area contributed by atoms with Crippen molar-refractivity contribution in [2.75, 3.05) is 20.6 Å². The summed E-state index contributed by atoms with van der Waals surface area (Å²) in [5.41, 5.74) is 0.848. The molecule has 1 aromatic rings. The van der Waals surface area contributed by atoms with Crippen LogP contribution in [0.1, 0.15) is 5.56 Å². The van der Waals surface area contributed by atoms with Crippen LogP contribution in [0.15, 0.2) is 24.5 Å². The van der Waals surface area contributed by atoms with Crippen LogP contribution in [0.4, 0.5) is 0 Å². The van der Waals surface area contributed by atoms with Crippen molar-refractivity contribution in [3.05, 3.63) is 30.1 Å². The fourth-order valence-electron chi connectivity index (χ4n) is 1.05. The number of carbonyl (C=O) groups excluding carboxylic acids is 1. The first-order valence-electron chi connectivity index (χ1n) is 5.24. The topological polar surface area (TPSA) is 91.4 Å². The largest absolute Gasteiger partial charge is 0.351 e. The van der Waals surface area contributed by atoms with Gasteiger partial charge >= 0.3 is 0 Å². The van der Waals surface area contributed by atoms with Gasteiger partial charge in [0.2, 0.25) is 5.91 Å². The third-order valence-electron chi connectivity index (χ3n) is 2.11. The zero-order valence-electron chi connectivity index (χ0n) is 10.3. The summed E-state index contributed by atoms with van der Waals surface area (Å²) < 4.78 is 25.8. The Labute approximate surface area is 106 Å². The second-order valence-electron chi connectivity index (χ2n) is 3.75. The van der Waals surface area contributed by atoms with Crippen LogP contribution in [0.2, 0.25) is 0 Å². The maximum absolute atomic E-state index is 11.4. The van der Waals surface area contributed by atoms with Gasteiger partial charge in [-0.25, -0.2) is 0 Å². The molecule has 0 aliphatic rings. The second kappa shape index (κ2) is 6.43. The van der Waals surface area contributed by atoms with Gasteiger partial charge in [-0.05, 0) is 11.6 Å². The van der Waals surface area contributed by atoms with Gasteiger partial charge in [-0.15, -0.1) is 0 Å². The highest BCUT2D eigenvalue weighted by Gasteiger charge is 2.14. The van der Waals surface area contributed by atoms with Crippen LogP contribution in [0, 0.1) is 0 Å². The first-order valence-corrected chi connectivity index (χ1v) is 6.68. The van der Waals surface area contributed by atoms with Crippen molar-refractivity contribution >= 4 is 16.1 Å². The Bertz CT molecular complexity index is 487. The molecule has 1 rings (SSSR count). The average molecular weight is 272 g/mol. The lowest BCUT2D eigenvalue weighted by Gasteiger charge is -2.12. The van der Waals surface area contributed by atoms with Gasteiger partial charge in [0, 0.05) is 33.0 Å². The number of aromatic nitrogens is 1. The Morgan fingerprint density at radius 2 is 2.17 bits per heavy atom. The molecule has 0 aliphatic heterocycles. The maximum Gasteiger partial charge on any atom is 0.279 e. The minimum absolute atomic E-state index is 0.291. The zero-order valence-corrected chi connectivity index (χ0v) is 11.1. The smallest absolute Gasteiger partial charge is 0.279 e. The van der Waals surface area contributed by atoms with Gasteiger partial charge in [-0.3, -0.25) is 9.78 Å². The summed E-state index contributed by atoms with van der Waals surface area (Å²) in [5, 5.41) is 2.59. The van der Waals surface area contributed by atoms with Gasteiger partial charge in [0.25, 0.3) is 10.2 Å². The quantitative estimate of drug-likeness (QED) is 0.701. The first kappa shape index (κ1) is 14.6. The highest BCUT2D eigenvalue weighted by molar-refractivity contribution is 7.87. The molecule has 0 radical (unpaired) electrons. The molecule has 0 unspecified atom stereocenters. The SMILES string of the molecule is CN(C)S(=O)(=O)NCC(=O)NCc1cccnc1. The van der Waals surface area contributed by atoms with E-state index in [1.165, 1.54) is 14.1 Å². The predicted octanol–water partition coefficient (Wildman–Crippen LogP) is -0.906. The van der Waals surface area contributed by atoms with E-state index in [0.717, 1.165) is 9.87 Å². The van der Waals surface area contributed by atoms with Crippen LogP contribution in [0.25, 0.3) is 0 Å². The molecule has 0 atom stereocenters. The third kappa shape index (κ3) is 4.78. The van der Waals surface area contributed by atoms with E-state index in [1.54, 1.807) is 18.5 Å². The van der Waals surface area contributed by atoms with Crippen molar-refractivity contribution in [1.82, 2.24) is 19.3 Å². The van der Waals surface area contributed by atoms with E-state index in [-0.39, 0.29) is 6.54 Å². The molecule has 1 heterocycles. The normalized spacial score (nSPS) is 11.5. The number of pyridine rings is 1. The van der Waals surface area contributed by atoms with Crippen LogP contribution in [-0.4, -0.2) is 44.3 Å². The molecule has 100 valence electrons. The Kier molecular flexibility index (Phi) is 5.20. The summed E-state index contributed by atoms with van der Waals surface area (Å²) in [7, 11) is -0.796. The van der Waals surface area contributed by atoms with Crippen LogP contribution >= 0.6 is 0 Å². The van der Waals surface area contributed by atoms with Crippen molar-refractivity contribution in [3.63, 3.8) is 0 Å². The standard InChI is InChI=1S/C10H16N4O3S/c1-14(2)18(16,17)13-8-10(15)12-7-9-4-3-5-11-6-9/h3-6,13H,7-8H2,1-2H3,(H,12,15). The molecule has 0 saturated carbocycles. The van der Waals surface area contributed by atoms with Gasteiger partial charge in [-0.1, -0.05) is 6.07 Å². The molecule has 0 fully saturated rings. The highest BCUT2D eigenvalue weighted by Crippen LogP contribution is 1.94. The Morgan fingerprint density at radius 1 is 1.44 bits per heavy atom. The Balaban J connectivity index is 2.35. The van der Waals surface area contributed by atoms with Crippen LogP contribution in [0.3, 0.4) is 0 Å². The molecule has 0 bridgehead atoms. The summed E-state index contributed by atoms with van der Waals surface area (Å²) in [6.45, 7) is 0.0249. The molecule has 1 aromatic heterocycles. The number of amides is 1. The molecule has 7 nitrogen and oxygen atoms in total. The number of carbonyl (C=O) groups is 1. The van der Waals surface area contributed by atoms with E-state index < -0.39 is 16.1 Å². The molecule has 8 heteroatoms. The van der Waals surface area contributed by atoms with Crippen molar-refractivity contribution in [3.8, 4) is 0 Å². The van der Waals surface area contributed by atoms with E-state index in [2.05, 4.69) is 15.0 Å². The van der Waals surface area contributed by atoms with Crippen LogP contribution < -0.4 is 10.0 Å². The maximum atomic E-state index is 11.4. The lowest BCUT2D eigenvalue weighted by atomic mass is 10.3. The average Bonchev–Trinajstić information content (AvgIpc) is 2.35. The van der Waals surface area contributed by atoms with E-state index in [0.29, 0.717) is 6.54 Å². The van der Waals surface area contributed by atoms with Crippen molar-refractivity contribution in [2.45, 2.75) is 6.54 Å². The number of nitrogens with zero attached hydrogens (tertiary/aromatic N) is 2. The zero-order chi connectivity index (χ0) is 13.6. The second-order valence-corrected chi connectivity index (χ2v) is 5.72. The van der Waals surface area contributed by atoms with Crippen molar-refractivity contribution in [1.29, 1.82) is 0 Å². The summed E-state index contributed by atoms with van der Waals surface area (Å²) in [4.78, 5) is 15.3. The number of nitrogens with one attached hydrogen (secondary N) is 2. The van der Waals surface area contributed by atoms with Gasteiger partial charge in [0.05, 0.1) is 6.54 Å². The van der Waals surface area contributed by atoms with E-state index >= 15 is 0 Å². The minimum atomic E-state index is -3.57. The van der Waals surface area contributed by atoms with Gasteiger partial charge < -0.3 is 5.32 Å². The Hall–Kier alpha value is -1.51. The van der Waals surface area contributed by atoms with Crippen molar-refractivity contribution in [2.24, 2.45) is 0 Å². The van der Waals surface area contributed by atoms with Gasteiger partial charge in [0.1, 0.15) is 0 Å². The number of hydrogen-bond acceptors (Lipinski definition) is 4. The first-order chi connectivity index (χ1) is 8.42. The summed E-state index contributed by atoms with van der Waals surface area (Å²) in [6, 6.07) is 3.58. The molecule has 0 saturated heterocycles. The third-order valence-corrected chi connectivity index (χ3v) is 3.58. The van der Waals surface area contributed by atoms with Crippen molar-refractivity contribution < 1.29 is 13.2 Å². The van der Waals surface area contributed by atoms with E-state index in [9.17, 15) is 13.2 Å². The molecule has 0 aromatic carbocycles. The summed E-state index contributed by atoms with van der Waals surface area (Å²) in [6.07, 6.45) is 3.26. The van der Waals surface area contributed by atoms with Crippen LogP contribution in [0.5, 0.6) is 0 Å². The lowest BCUT2D eigenvalue weighted by Crippen LogP contribution is -2.41. The molecule has 0 aliphatic carbocycles. The summed E-state index contributed by atoms with van der Waals surface area (Å²) in [5.74, 6) is -0.399. The van der Waals surface area contributed by atoms with Gasteiger partial charge in [-0.2, -0.15) is 17.4 Å². The molecule has 18 heavy (non-hydrogen) atoms. The molecule has 1 amide bonds. The van der Waals surface area contributed by atoms with Crippen LogP contribution in [-0.2, 0) is 21.5 Å². The lowest BCUT2D eigenvalue weighted by molar-refractivity contribution is -0.120. The van der Waals surface area contributed by atoms with E-state index in [1.807, 2.05) is 6.07 Å².